The van der Waals surface area contributed by atoms with Gasteiger partial charge in [-0.2, -0.15) is 0 Å². The molecule has 0 amide bonds. The number of ether oxygens (including phenoxy) is 1. The van der Waals surface area contributed by atoms with Crippen LogP contribution in [-0.4, -0.2) is 15.3 Å². The van der Waals surface area contributed by atoms with Gasteiger partial charge in [0.05, 0.1) is 11.4 Å². The highest BCUT2D eigenvalue weighted by Gasteiger charge is 2.22. The molecule has 0 saturated carbocycles. The Balaban J connectivity index is 1.84. The number of phenols is 3. The van der Waals surface area contributed by atoms with Crippen molar-refractivity contribution in [2.75, 3.05) is 4.90 Å². The molecular formula is C30H31NO4. The zero-order valence-corrected chi connectivity index (χ0v) is 21.0. The first-order valence-electron chi connectivity index (χ1n) is 11.5. The van der Waals surface area contributed by atoms with E-state index in [0.717, 1.165) is 50.4 Å². The highest BCUT2D eigenvalue weighted by atomic mass is 16.5. The minimum absolute atomic E-state index is 0.101. The molecule has 5 nitrogen and oxygen atoms in total. The number of nitrogens with zero attached hydrogens (tertiary/aromatic N) is 1. The summed E-state index contributed by atoms with van der Waals surface area (Å²) in [5.41, 5.74) is 8.45. The fraction of sp³-hybridized carbons (Fsp3) is 0.200. The Kier molecular flexibility index (Phi) is 6.35. The van der Waals surface area contributed by atoms with Crippen molar-refractivity contribution in [3.8, 4) is 28.7 Å². The maximum Gasteiger partial charge on any atom is 0.172 e. The molecule has 35 heavy (non-hydrogen) atoms. The zero-order chi connectivity index (χ0) is 25.4. The van der Waals surface area contributed by atoms with E-state index in [1.807, 2.05) is 71.9 Å². The largest absolute Gasteiger partial charge is 0.508 e. The Bertz CT molecular complexity index is 1300. The van der Waals surface area contributed by atoms with Crippen LogP contribution in [0, 0.1) is 41.5 Å². The van der Waals surface area contributed by atoms with Crippen LogP contribution in [0.5, 0.6) is 28.7 Å². The fourth-order valence-corrected chi connectivity index (χ4v) is 4.63. The third kappa shape index (κ3) is 4.62. The molecule has 0 atom stereocenters. The number of hydrogen-bond acceptors (Lipinski definition) is 5. The molecule has 0 bridgehead atoms. The molecular weight excluding hydrogens is 438 g/mol. The second-order valence-electron chi connectivity index (χ2n) is 9.14. The summed E-state index contributed by atoms with van der Waals surface area (Å²) in [5.74, 6) is 1.60. The van der Waals surface area contributed by atoms with Gasteiger partial charge in [-0.3, -0.25) is 0 Å². The summed E-state index contributed by atoms with van der Waals surface area (Å²) in [5, 5.41) is 30.6. The van der Waals surface area contributed by atoms with Crippen LogP contribution in [0.25, 0.3) is 0 Å². The Morgan fingerprint density at radius 2 is 1.03 bits per heavy atom. The van der Waals surface area contributed by atoms with E-state index in [4.69, 9.17) is 4.74 Å². The van der Waals surface area contributed by atoms with Gasteiger partial charge >= 0.3 is 0 Å². The van der Waals surface area contributed by atoms with Gasteiger partial charge in [0.25, 0.3) is 0 Å². The third-order valence-corrected chi connectivity index (χ3v) is 6.37. The van der Waals surface area contributed by atoms with Crippen LogP contribution in [0.4, 0.5) is 17.1 Å². The van der Waals surface area contributed by atoms with Gasteiger partial charge in [0.15, 0.2) is 11.5 Å². The number of aromatic hydroxyl groups is 3. The van der Waals surface area contributed by atoms with Crippen LogP contribution >= 0.6 is 0 Å². The number of anilines is 3. The minimum Gasteiger partial charge on any atom is -0.508 e. The quantitative estimate of drug-likeness (QED) is 0.277. The van der Waals surface area contributed by atoms with E-state index >= 15 is 0 Å². The first kappa shape index (κ1) is 24.0. The lowest BCUT2D eigenvalue weighted by Gasteiger charge is -2.31. The lowest BCUT2D eigenvalue weighted by atomic mass is 10.0. The van der Waals surface area contributed by atoms with Gasteiger partial charge in [0, 0.05) is 5.69 Å². The molecule has 0 saturated heterocycles. The Labute approximate surface area is 206 Å². The van der Waals surface area contributed by atoms with Crippen molar-refractivity contribution in [1.82, 2.24) is 0 Å². The molecule has 3 N–H and O–H groups in total. The maximum atomic E-state index is 10.3. The SMILES string of the molecule is Cc1ccc(O)c(Oc2ccc(N(c3c(C)cc(O)cc3C)c3c(C)cc(O)cc3C)cc2)c1C. The molecule has 4 aromatic carbocycles. The van der Waals surface area contributed by atoms with Crippen LogP contribution in [-0.2, 0) is 0 Å². The van der Waals surface area contributed by atoms with Crippen molar-refractivity contribution in [1.29, 1.82) is 0 Å². The van der Waals surface area contributed by atoms with Crippen LogP contribution in [0.2, 0.25) is 0 Å². The first-order valence-corrected chi connectivity index (χ1v) is 11.5. The van der Waals surface area contributed by atoms with Gasteiger partial charge in [-0.15, -0.1) is 0 Å². The Morgan fingerprint density at radius 3 is 1.49 bits per heavy atom. The highest BCUT2D eigenvalue weighted by molar-refractivity contribution is 5.84. The molecule has 0 spiro atoms. The second kappa shape index (κ2) is 9.26. The smallest absolute Gasteiger partial charge is 0.172 e. The molecule has 0 aromatic heterocycles. The first-order chi connectivity index (χ1) is 16.6. The third-order valence-electron chi connectivity index (χ3n) is 6.37. The second-order valence-corrected chi connectivity index (χ2v) is 9.14. The molecule has 0 heterocycles. The summed E-state index contributed by atoms with van der Waals surface area (Å²) in [6.07, 6.45) is 0. The molecule has 0 aliphatic carbocycles. The van der Waals surface area contributed by atoms with Gasteiger partial charge in [0.1, 0.15) is 17.2 Å². The molecule has 0 aliphatic heterocycles. The molecule has 0 aliphatic rings. The molecule has 4 rings (SSSR count). The van der Waals surface area contributed by atoms with E-state index in [0.29, 0.717) is 11.5 Å². The lowest BCUT2D eigenvalue weighted by Crippen LogP contribution is -2.15. The zero-order valence-electron chi connectivity index (χ0n) is 21.0. The van der Waals surface area contributed by atoms with Gasteiger partial charge in [-0.1, -0.05) is 6.07 Å². The van der Waals surface area contributed by atoms with E-state index in [9.17, 15) is 15.3 Å². The van der Waals surface area contributed by atoms with Crippen molar-refractivity contribution in [2.45, 2.75) is 41.5 Å². The van der Waals surface area contributed by atoms with Crippen molar-refractivity contribution >= 4 is 17.1 Å². The van der Waals surface area contributed by atoms with Crippen LogP contribution in [0.15, 0.2) is 60.7 Å². The summed E-state index contributed by atoms with van der Waals surface area (Å²) in [7, 11) is 0. The predicted molar refractivity (Wildman–Crippen MR) is 141 cm³/mol. The summed E-state index contributed by atoms with van der Waals surface area (Å²) in [4.78, 5) is 2.15. The molecule has 5 heteroatoms. The summed E-state index contributed by atoms with van der Waals surface area (Å²) >= 11 is 0. The molecule has 0 radical (unpaired) electrons. The average Bonchev–Trinajstić information content (AvgIpc) is 2.77. The van der Waals surface area contributed by atoms with Crippen LogP contribution in [0.3, 0.4) is 0 Å². The van der Waals surface area contributed by atoms with Crippen molar-refractivity contribution in [3.05, 3.63) is 94.0 Å². The van der Waals surface area contributed by atoms with Gasteiger partial charge in [-0.25, -0.2) is 0 Å². The standard InChI is InChI=1S/C30H31NO4/c1-17-7-12-27(34)30(22(17)6)35-26-10-8-23(9-11-26)31(28-18(2)13-24(32)14-19(28)3)29-20(4)15-25(33)16-21(29)5/h7-16,32-34H,1-6H3. The molecule has 180 valence electrons. The van der Waals surface area contributed by atoms with Crippen LogP contribution < -0.4 is 9.64 Å². The topological polar surface area (TPSA) is 73.2 Å². The van der Waals surface area contributed by atoms with E-state index in [1.165, 1.54) is 0 Å². The van der Waals surface area contributed by atoms with Crippen molar-refractivity contribution in [2.24, 2.45) is 0 Å². The van der Waals surface area contributed by atoms with Crippen LogP contribution in [0.1, 0.15) is 33.4 Å². The van der Waals surface area contributed by atoms with Gasteiger partial charge in [-0.05, 0) is 130 Å². The number of benzene rings is 4. The minimum atomic E-state index is 0.101. The average molecular weight is 470 g/mol. The van der Waals surface area contributed by atoms with Crippen molar-refractivity contribution < 1.29 is 20.1 Å². The monoisotopic (exact) mass is 469 g/mol. The molecule has 4 aromatic rings. The number of hydrogen-bond donors (Lipinski definition) is 3. The van der Waals surface area contributed by atoms with Crippen molar-refractivity contribution in [3.63, 3.8) is 0 Å². The highest BCUT2D eigenvalue weighted by Crippen LogP contribution is 2.44. The van der Waals surface area contributed by atoms with Gasteiger partial charge in [0.2, 0.25) is 0 Å². The maximum absolute atomic E-state index is 10.3. The number of phenolic OH excluding ortho intramolecular Hbond substituents is 3. The summed E-state index contributed by atoms with van der Waals surface area (Å²) in [6.45, 7) is 11.8. The summed E-state index contributed by atoms with van der Waals surface area (Å²) < 4.78 is 6.06. The van der Waals surface area contributed by atoms with E-state index in [2.05, 4.69) is 4.90 Å². The fourth-order valence-electron chi connectivity index (χ4n) is 4.63. The summed E-state index contributed by atoms with van der Waals surface area (Å²) in [6, 6.07) is 18.2. The molecule has 0 fully saturated rings. The van der Waals surface area contributed by atoms with E-state index in [1.54, 1.807) is 30.3 Å². The number of aryl methyl sites for hydroxylation is 5. The molecule has 0 unspecified atom stereocenters. The van der Waals surface area contributed by atoms with Gasteiger partial charge < -0.3 is 25.0 Å². The van der Waals surface area contributed by atoms with E-state index < -0.39 is 0 Å². The Hall–Kier alpha value is -4.12. The normalized spacial score (nSPS) is 10.9. The Morgan fingerprint density at radius 1 is 0.571 bits per heavy atom. The van der Waals surface area contributed by atoms with E-state index in [-0.39, 0.29) is 17.2 Å². The lowest BCUT2D eigenvalue weighted by molar-refractivity contribution is 0.408. The number of rotatable bonds is 5. The predicted octanol–water partition coefficient (Wildman–Crippen LogP) is 7.92.